The van der Waals surface area contributed by atoms with Crippen LogP contribution in [0.2, 0.25) is 19.6 Å². The zero-order valence-electron chi connectivity index (χ0n) is 9.13. The Labute approximate surface area is 90.2 Å². The highest BCUT2D eigenvalue weighted by atomic mass is 32.1. The van der Waals surface area contributed by atoms with Gasteiger partial charge >= 0.3 is 0 Å². The molecule has 1 aromatic carbocycles. The third-order valence-electron chi connectivity index (χ3n) is 2.08. The first-order valence-corrected chi connectivity index (χ1v) is 8.93. The Morgan fingerprint density at radius 3 is 2.00 bits per heavy atom. The standard InChI is InChI=1S/C11H16OSSi/c1-9-5-7-10(8-6-9)11(13-12)14(2,3)4/h5-8H,1-4H3. The molecule has 0 amide bonds. The summed E-state index contributed by atoms with van der Waals surface area (Å²) >= 11 is 0.664. The first kappa shape index (κ1) is 11.4. The number of benzene rings is 1. The number of rotatable bonds is 2. The van der Waals surface area contributed by atoms with Gasteiger partial charge in [0.25, 0.3) is 0 Å². The molecule has 3 heteroatoms. The lowest BCUT2D eigenvalue weighted by molar-refractivity contribution is 0.701. The van der Waals surface area contributed by atoms with Crippen molar-refractivity contribution in [2.75, 3.05) is 0 Å². The van der Waals surface area contributed by atoms with Gasteiger partial charge in [-0.1, -0.05) is 49.5 Å². The lowest BCUT2D eigenvalue weighted by Gasteiger charge is -2.17. The van der Waals surface area contributed by atoms with Crippen LogP contribution >= 0.6 is 0 Å². The van der Waals surface area contributed by atoms with Crippen LogP contribution in [-0.4, -0.2) is 16.8 Å². The van der Waals surface area contributed by atoms with Gasteiger partial charge in [0.1, 0.15) is 0 Å². The maximum absolute atomic E-state index is 11.1. The third-order valence-corrected chi connectivity index (χ3v) is 6.22. The Bertz CT molecular complexity index is 369. The monoisotopic (exact) mass is 224 g/mol. The summed E-state index contributed by atoms with van der Waals surface area (Å²) < 4.78 is 12.1. The molecule has 1 aromatic rings. The fourth-order valence-corrected chi connectivity index (χ4v) is 3.58. The van der Waals surface area contributed by atoms with Gasteiger partial charge in [0.2, 0.25) is 0 Å². The quantitative estimate of drug-likeness (QED) is 0.557. The normalized spacial score (nSPS) is 11.1. The highest BCUT2D eigenvalue weighted by molar-refractivity contribution is 7.73. The summed E-state index contributed by atoms with van der Waals surface area (Å²) in [5.74, 6) is 0. The fraction of sp³-hybridized carbons (Fsp3) is 0.364. The predicted molar refractivity (Wildman–Crippen MR) is 66.8 cm³/mol. The summed E-state index contributed by atoms with van der Waals surface area (Å²) in [6.45, 7) is 8.66. The van der Waals surface area contributed by atoms with Crippen molar-refractivity contribution in [1.82, 2.24) is 0 Å². The second kappa shape index (κ2) is 4.23. The van der Waals surface area contributed by atoms with Crippen LogP contribution < -0.4 is 0 Å². The average Bonchev–Trinajstić information content (AvgIpc) is 2.07. The Morgan fingerprint density at radius 2 is 1.64 bits per heavy atom. The summed E-state index contributed by atoms with van der Waals surface area (Å²) in [6, 6.07) is 8.22. The molecule has 0 heterocycles. The Hall–Kier alpha value is -0.673. The van der Waals surface area contributed by atoms with Gasteiger partial charge in [-0.2, -0.15) is 0 Å². The van der Waals surface area contributed by atoms with Crippen molar-refractivity contribution in [3.05, 3.63) is 35.4 Å². The maximum Gasteiger partial charge on any atom is 0.0954 e. The van der Waals surface area contributed by atoms with E-state index in [1.165, 1.54) is 5.56 Å². The summed E-state index contributed by atoms with van der Waals surface area (Å²) in [5.41, 5.74) is 2.34. The summed E-state index contributed by atoms with van der Waals surface area (Å²) in [4.78, 5) is 0. The first-order chi connectivity index (χ1) is 6.45. The van der Waals surface area contributed by atoms with Crippen LogP contribution in [-0.2, 0) is 11.3 Å². The molecule has 0 radical (unpaired) electrons. The van der Waals surface area contributed by atoms with Crippen LogP contribution in [0.15, 0.2) is 24.3 Å². The molecule has 0 aliphatic heterocycles. The van der Waals surface area contributed by atoms with Gasteiger partial charge in [-0.3, -0.25) is 0 Å². The van der Waals surface area contributed by atoms with E-state index in [9.17, 15) is 4.21 Å². The van der Waals surface area contributed by atoms with E-state index in [1.54, 1.807) is 0 Å². The van der Waals surface area contributed by atoms with E-state index < -0.39 is 8.07 Å². The van der Waals surface area contributed by atoms with Gasteiger partial charge in [-0.15, -0.1) is 0 Å². The van der Waals surface area contributed by atoms with Gasteiger partial charge in [0.15, 0.2) is 0 Å². The smallest absolute Gasteiger partial charge is 0.0954 e. The van der Waals surface area contributed by atoms with E-state index in [1.807, 2.05) is 12.1 Å². The van der Waals surface area contributed by atoms with E-state index in [0.29, 0.717) is 11.3 Å². The lowest BCUT2D eigenvalue weighted by atomic mass is 10.2. The van der Waals surface area contributed by atoms with Crippen molar-refractivity contribution < 1.29 is 4.21 Å². The van der Waals surface area contributed by atoms with Crippen LogP contribution in [0.4, 0.5) is 0 Å². The van der Waals surface area contributed by atoms with Crippen molar-refractivity contribution in [1.29, 1.82) is 0 Å². The highest BCUT2D eigenvalue weighted by Gasteiger charge is 2.22. The molecule has 0 saturated carbocycles. The molecule has 0 spiro atoms. The van der Waals surface area contributed by atoms with E-state index in [2.05, 4.69) is 38.7 Å². The number of hydrogen-bond donors (Lipinski definition) is 0. The van der Waals surface area contributed by atoms with Gasteiger partial charge in [-0.25, -0.2) is 4.21 Å². The van der Waals surface area contributed by atoms with Gasteiger partial charge in [0.05, 0.1) is 19.3 Å². The molecule has 0 aromatic heterocycles. The molecular weight excluding hydrogens is 208 g/mol. The molecule has 0 aliphatic rings. The molecule has 0 saturated heterocycles. The molecule has 0 unspecified atom stereocenters. The minimum atomic E-state index is -1.48. The average molecular weight is 224 g/mol. The fourth-order valence-electron chi connectivity index (χ4n) is 1.31. The number of aryl methyl sites for hydroxylation is 1. The summed E-state index contributed by atoms with van der Waals surface area (Å²) in [7, 11) is -1.48. The summed E-state index contributed by atoms with van der Waals surface area (Å²) in [5, 5.41) is 0. The molecule has 0 aliphatic carbocycles. The lowest BCUT2D eigenvalue weighted by Crippen LogP contribution is -2.34. The molecular formula is C11H16OSSi. The molecule has 0 fully saturated rings. The van der Waals surface area contributed by atoms with Crippen LogP contribution in [0.3, 0.4) is 0 Å². The minimum absolute atomic E-state index is 0.664. The van der Waals surface area contributed by atoms with Crippen molar-refractivity contribution in [2.45, 2.75) is 26.6 Å². The van der Waals surface area contributed by atoms with Gasteiger partial charge in [0, 0.05) is 4.49 Å². The zero-order chi connectivity index (χ0) is 10.8. The first-order valence-electron chi connectivity index (χ1n) is 4.69. The van der Waals surface area contributed by atoms with Crippen molar-refractivity contribution in [3.63, 3.8) is 0 Å². The maximum atomic E-state index is 11.1. The molecule has 0 bridgehead atoms. The van der Waals surface area contributed by atoms with Gasteiger partial charge in [-0.05, 0) is 12.5 Å². The molecule has 1 rings (SSSR count). The molecule has 1 nitrogen and oxygen atoms in total. The largest absolute Gasteiger partial charge is 0.212 e. The summed E-state index contributed by atoms with van der Waals surface area (Å²) in [6.07, 6.45) is 0. The highest BCUT2D eigenvalue weighted by Crippen LogP contribution is 2.12. The van der Waals surface area contributed by atoms with Gasteiger partial charge < -0.3 is 0 Å². The van der Waals surface area contributed by atoms with E-state index in [-0.39, 0.29) is 0 Å². The minimum Gasteiger partial charge on any atom is -0.212 e. The van der Waals surface area contributed by atoms with Crippen LogP contribution in [0, 0.1) is 6.92 Å². The van der Waals surface area contributed by atoms with E-state index in [0.717, 1.165) is 10.1 Å². The second-order valence-electron chi connectivity index (χ2n) is 4.53. The SMILES string of the molecule is Cc1ccc(C(=S=O)[Si](C)(C)C)cc1. The molecule has 0 atom stereocenters. The zero-order valence-corrected chi connectivity index (χ0v) is 10.9. The Kier molecular flexibility index (Phi) is 3.45. The third kappa shape index (κ3) is 2.66. The van der Waals surface area contributed by atoms with E-state index in [4.69, 9.17) is 0 Å². The molecule has 0 N–H and O–H groups in total. The Morgan fingerprint density at radius 1 is 1.14 bits per heavy atom. The topological polar surface area (TPSA) is 17.1 Å². The van der Waals surface area contributed by atoms with Crippen molar-refractivity contribution in [3.8, 4) is 0 Å². The predicted octanol–water partition coefficient (Wildman–Crippen LogP) is 2.61. The van der Waals surface area contributed by atoms with E-state index >= 15 is 0 Å². The second-order valence-corrected chi connectivity index (χ2v) is 10.5. The van der Waals surface area contributed by atoms with Crippen LogP contribution in [0.1, 0.15) is 11.1 Å². The van der Waals surface area contributed by atoms with Crippen LogP contribution in [0.25, 0.3) is 0 Å². The Balaban J connectivity index is 3.16. The van der Waals surface area contributed by atoms with Crippen molar-refractivity contribution in [2.24, 2.45) is 0 Å². The van der Waals surface area contributed by atoms with Crippen LogP contribution in [0.5, 0.6) is 0 Å². The molecule has 14 heavy (non-hydrogen) atoms. The number of hydrogen-bond acceptors (Lipinski definition) is 1. The van der Waals surface area contributed by atoms with Crippen molar-refractivity contribution >= 4 is 23.8 Å². The molecule has 76 valence electrons.